The molecule has 0 aromatic carbocycles. The highest BCUT2D eigenvalue weighted by Crippen LogP contribution is 2.41. The summed E-state index contributed by atoms with van der Waals surface area (Å²) in [6, 6.07) is 0. The van der Waals surface area contributed by atoms with Crippen molar-refractivity contribution in [1.29, 1.82) is 0 Å². The number of likely N-dealkylation sites (N-methyl/N-ethyl adjacent to an activating group) is 1. The number of hydrogen-bond donors (Lipinski definition) is 1. The van der Waals surface area contributed by atoms with Gasteiger partial charge in [0.15, 0.2) is 11.9 Å². The maximum atomic E-state index is 12.0. The molecule has 0 amide bonds. The summed E-state index contributed by atoms with van der Waals surface area (Å²) in [5.74, 6) is 0. The number of nitrogens with one attached hydrogen (secondary N) is 1. The van der Waals surface area contributed by atoms with Gasteiger partial charge in [0, 0.05) is 38.3 Å². The van der Waals surface area contributed by atoms with E-state index in [0.29, 0.717) is 0 Å². The number of rotatable bonds is 3. The van der Waals surface area contributed by atoms with E-state index in [1.165, 1.54) is 36.8 Å². The minimum atomic E-state index is -0.366. The van der Waals surface area contributed by atoms with Crippen molar-refractivity contribution in [1.82, 2.24) is 15.1 Å². The van der Waals surface area contributed by atoms with E-state index in [2.05, 4.69) is 22.0 Å². The van der Waals surface area contributed by atoms with Gasteiger partial charge in [-0.3, -0.25) is 9.69 Å². The van der Waals surface area contributed by atoms with Crippen molar-refractivity contribution in [2.45, 2.75) is 44.7 Å². The molecule has 19 heavy (non-hydrogen) atoms. The van der Waals surface area contributed by atoms with E-state index >= 15 is 0 Å². The second kappa shape index (κ2) is 5.25. The Bertz CT molecular complexity index is 387. The Hall–Kier alpha value is -0.870. The van der Waals surface area contributed by atoms with Gasteiger partial charge in [0.05, 0.1) is 0 Å². The van der Waals surface area contributed by atoms with Crippen LogP contribution in [0.4, 0.5) is 0 Å². The second-order valence-electron chi connectivity index (χ2n) is 5.94. The van der Waals surface area contributed by atoms with Crippen LogP contribution in [-0.4, -0.2) is 54.5 Å². The summed E-state index contributed by atoms with van der Waals surface area (Å²) in [5, 5.41) is 3.50. The Morgan fingerprint density at radius 1 is 1.32 bits per heavy atom. The van der Waals surface area contributed by atoms with Gasteiger partial charge < -0.3 is 10.2 Å². The molecule has 1 unspecified atom stereocenters. The molecule has 4 nitrogen and oxygen atoms in total. The van der Waals surface area contributed by atoms with Crippen LogP contribution in [0.3, 0.4) is 0 Å². The third-order valence-electron chi connectivity index (χ3n) is 4.94. The van der Waals surface area contributed by atoms with Crippen LogP contribution in [0.15, 0.2) is 11.3 Å². The number of aldehydes is 1. The largest absolute Gasteiger partial charge is 0.351 e. The fourth-order valence-electron chi connectivity index (χ4n) is 4.06. The van der Waals surface area contributed by atoms with E-state index in [0.717, 1.165) is 45.6 Å². The first kappa shape index (κ1) is 13.1. The van der Waals surface area contributed by atoms with Crippen LogP contribution in [0.1, 0.15) is 39.0 Å². The molecule has 0 spiro atoms. The lowest BCUT2D eigenvalue weighted by molar-refractivity contribution is -0.127. The van der Waals surface area contributed by atoms with Crippen LogP contribution >= 0.6 is 0 Å². The maximum absolute atomic E-state index is 12.0. The standard InChI is InChI=1S/C15H25N3O/c1-2-18-14-6-5-7-16-11-13(14)10-15(18,12-19)17-8-3-4-9-17/h12,16H,2-11H2,1H3. The van der Waals surface area contributed by atoms with Crippen molar-refractivity contribution >= 4 is 6.29 Å². The van der Waals surface area contributed by atoms with E-state index in [9.17, 15) is 4.79 Å². The molecule has 0 aromatic rings. The Balaban J connectivity index is 1.92. The molecule has 3 heterocycles. The molecule has 3 rings (SSSR count). The molecule has 1 fully saturated rings. The van der Waals surface area contributed by atoms with Gasteiger partial charge in [-0.05, 0) is 44.7 Å². The molecule has 0 aliphatic carbocycles. The normalized spacial score (nSPS) is 32.6. The van der Waals surface area contributed by atoms with Crippen LogP contribution in [0, 0.1) is 0 Å². The zero-order chi connectivity index (χ0) is 13.3. The number of hydrogen-bond acceptors (Lipinski definition) is 4. The van der Waals surface area contributed by atoms with Gasteiger partial charge >= 0.3 is 0 Å². The zero-order valence-electron chi connectivity index (χ0n) is 12.0. The van der Waals surface area contributed by atoms with E-state index in [1.54, 1.807) is 0 Å². The number of carbonyl (C=O) groups is 1. The van der Waals surface area contributed by atoms with Crippen molar-refractivity contribution in [2.24, 2.45) is 0 Å². The SMILES string of the molecule is CCN1C2=C(CNCCC2)CC1(C=O)N1CCCC1. The van der Waals surface area contributed by atoms with Gasteiger partial charge in [0.1, 0.15) is 0 Å². The first-order valence-electron chi connectivity index (χ1n) is 7.72. The molecule has 1 atom stereocenters. The van der Waals surface area contributed by atoms with Gasteiger partial charge in [0.25, 0.3) is 0 Å². The van der Waals surface area contributed by atoms with Crippen molar-refractivity contribution in [2.75, 3.05) is 32.7 Å². The minimum Gasteiger partial charge on any atom is -0.351 e. The zero-order valence-corrected chi connectivity index (χ0v) is 12.0. The number of carbonyl (C=O) groups excluding carboxylic acids is 1. The predicted octanol–water partition coefficient (Wildman–Crippen LogP) is 1.34. The van der Waals surface area contributed by atoms with Crippen LogP contribution in [-0.2, 0) is 4.79 Å². The monoisotopic (exact) mass is 263 g/mol. The van der Waals surface area contributed by atoms with Crippen LogP contribution in [0.25, 0.3) is 0 Å². The smallest absolute Gasteiger partial charge is 0.160 e. The molecule has 106 valence electrons. The molecule has 1 saturated heterocycles. The van der Waals surface area contributed by atoms with Crippen LogP contribution < -0.4 is 5.32 Å². The fourth-order valence-corrected chi connectivity index (χ4v) is 4.06. The summed E-state index contributed by atoms with van der Waals surface area (Å²) in [5.41, 5.74) is 2.56. The van der Waals surface area contributed by atoms with Crippen LogP contribution in [0.2, 0.25) is 0 Å². The lowest BCUT2D eigenvalue weighted by Crippen LogP contribution is -2.58. The number of likely N-dealkylation sites (tertiary alicyclic amines) is 1. The fraction of sp³-hybridized carbons (Fsp3) is 0.800. The van der Waals surface area contributed by atoms with Gasteiger partial charge in [0.2, 0.25) is 0 Å². The summed E-state index contributed by atoms with van der Waals surface area (Å²) in [6.45, 7) is 7.33. The Morgan fingerprint density at radius 3 is 2.79 bits per heavy atom. The van der Waals surface area contributed by atoms with Crippen LogP contribution in [0.5, 0.6) is 0 Å². The van der Waals surface area contributed by atoms with E-state index < -0.39 is 0 Å². The van der Waals surface area contributed by atoms with Gasteiger partial charge in [-0.2, -0.15) is 0 Å². The summed E-state index contributed by atoms with van der Waals surface area (Å²) in [4.78, 5) is 16.8. The summed E-state index contributed by atoms with van der Waals surface area (Å²) >= 11 is 0. The molecule has 4 heteroatoms. The average Bonchev–Trinajstić information content (AvgIpc) is 3.00. The molecular formula is C15H25N3O. The lowest BCUT2D eigenvalue weighted by Gasteiger charge is -2.43. The first-order chi connectivity index (χ1) is 9.31. The Labute approximate surface area is 115 Å². The molecule has 3 aliphatic heterocycles. The Kier molecular flexibility index (Phi) is 3.63. The number of nitrogens with zero attached hydrogens (tertiary/aromatic N) is 2. The van der Waals surface area contributed by atoms with E-state index in [-0.39, 0.29) is 5.66 Å². The van der Waals surface area contributed by atoms with Crippen molar-refractivity contribution < 1.29 is 4.79 Å². The van der Waals surface area contributed by atoms with Crippen molar-refractivity contribution in [3.63, 3.8) is 0 Å². The second-order valence-corrected chi connectivity index (χ2v) is 5.94. The lowest BCUT2D eigenvalue weighted by atomic mass is 10.0. The average molecular weight is 263 g/mol. The molecule has 0 aromatic heterocycles. The predicted molar refractivity (Wildman–Crippen MR) is 75.7 cm³/mol. The van der Waals surface area contributed by atoms with E-state index in [1.807, 2.05) is 0 Å². The highest BCUT2D eigenvalue weighted by Gasteiger charge is 2.49. The van der Waals surface area contributed by atoms with Gasteiger partial charge in [-0.15, -0.1) is 0 Å². The third kappa shape index (κ3) is 2.01. The number of allylic oxidation sites excluding steroid dienone is 1. The van der Waals surface area contributed by atoms with Crippen molar-refractivity contribution in [3.05, 3.63) is 11.3 Å². The molecule has 3 aliphatic rings. The topological polar surface area (TPSA) is 35.6 Å². The summed E-state index contributed by atoms with van der Waals surface area (Å²) in [7, 11) is 0. The highest BCUT2D eigenvalue weighted by molar-refractivity contribution is 5.67. The maximum Gasteiger partial charge on any atom is 0.160 e. The quantitative estimate of drug-likeness (QED) is 0.780. The summed E-state index contributed by atoms with van der Waals surface area (Å²) in [6.07, 6.45) is 6.90. The van der Waals surface area contributed by atoms with E-state index in [4.69, 9.17) is 0 Å². The molecule has 0 radical (unpaired) electrons. The molecule has 0 saturated carbocycles. The Morgan fingerprint density at radius 2 is 2.11 bits per heavy atom. The molecular weight excluding hydrogens is 238 g/mol. The summed E-state index contributed by atoms with van der Waals surface area (Å²) < 4.78 is 0. The van der Waals surface area contributed by atoms with Gasteiger partial charge in [-0.1, -0.05) is 0 Å². The van der Waals surface area contributed by atoms with Gasteiger partial charge in [-0.25, -0.2) is 0 Å². The highest BCUT2D eigenvalue weighted by atomic mass is 16.1. The first-order valence-corrected chi connectivity index (χ1v) is 7.72. The minimum absolute atomic E-state index is 0.366. The molecule has 1 N–H and O–H groups in total. The van der Waals surface area contributed by atoms with Crippen molar-refractivity contribution in [3.8, 4) is 0 Å². The molecule has 0 bridgehead atoms. The third-order valence-corrected chi connectivity index (χ3v) is 4.94.